The van der Waals surface area contributed by atoms with E-state index in [-0.39, 0.29) is 5.02 Å². The molecule has 5 nitrogen and oxygen atoms in total. The van der Waals surface area contributed by atoms with Crippen molar-refractivity contribution in [1.29, 1.82) is 0 Å². The standard InChI is InChI=1S/C22H27ClFN3.C11H14O.C2H6.CH4O/c1-8-15(3)22(27(25-7)17(5)9-2)12-16(4)18(6)26-14-19-10-11-21(24)20(23)13-19;1-3-4-10-5-6-11(8-12)9(2)7-10;2*1-2/h8-13,26H,4,6-7,14H2,1-3,5H3;5-8H,3-4H2,1-2H3;1-2H3;2H,1H3/b15-8?,17-9-,22-12-;;;. The Morgan fingerprint density at radius 3 is 2.14 bits per heavy atom. The van der Waals surface area contributed by atoms with Gasteiger partial charge in [-0.05, 0) is 87.1 Å². The number of aldehydes is 1. The third kappa shape index (κ3) is 14.8. The smallest absolute Gasteiger partial charge is 0.150 e. The second kappa shape index (κ2) is 23.8. The van der Waals surface area contributed by atoms with Gasteiger partial charge in [0.2, 0.25) is 0 Å². The van der Waals surface area contributed by atoms with Crippen LogP contribution in [0.5, 0.6) is 0 Å². The van der Waals surface area contributed by atoms with Crippen LogP contribution < -0.4 is 5.32 Å². The van der Waals surface area contributed by atoms with Crippen molar-refractivity contribution >= 4 is 24.6 Å². The highest BCUT2D eigenvalue weighted by Crippen LogP contribution is 2.23. The lowest BCUT2D eigenvalue weighted by Crippen LogP contribution is -2.17. The second-order valence-electron chi connectivity index (χ2n) is 9.05. The molecule has 0 saturated carbocycles. The molecule has 2 rings (SSSR count). The first-order chi connectivity index (χ1) is 20.5. The summed E-state index contributed by atoms with van der Waals surface area (Å²) in [5, 5.41) is 16.2. The van der Waals surface area contributed by atoms with Gasteiger partial charge in [-0.3, -0.25) is 4.79 Å². The van der Waals surface area contributed by atoms with E-state index in [1.807, 2.05) is 78.8 Å². The van der Waals surface area contributed by atoms with E-state index >= 15 is 0 Å². The minimum atomic E-state index is -0.436. The zero-order chi connectivity index (χ0) is 33.5. The van der Waals surface area contributed by atoms with Gasteiger partial charge in [0.15, 0.2) is 0 Å². The van der Waals surface area contributed by atoms with Crippen LogP contribution in [0.4, 0.5) is 4.39 Å². The first kappa shape index (κ1) is 41.4. The summed E-state index contributed by atoms with van der Waals surface area (Å²) in [6.07, 6.45) is 9.02. The third-order valence-electron chi connectivity index (χ3n) is 6.15. The van der Waals surface area contributed by atoms with Gasteiger partial charge in [-0.2, -0.15) is 5.10 Å². The van der Waals surface area contributed by atoms with Crippen LogP contribution in [-0.2, 0) is 13.0 Å². The Kier molecular flexibility index (Phi) is 22.9. The maximum atomic E-state index is 13.3. The largest absolute Gasteiger partial charge is 0.400 e. The molecular formula is C36H51ClFN3O2. The van der Waals surface area contributed by atoms with Gasteiger partial charge in [-0.1, -0.05) is 88.4 Å². The number of aliphatic hydroxyl groups is 1. The monoisotopic (exact) mass is 611 g/mol. The average molecular weight is 612 g/mol. The second-order valence-corrected chi connectivity index (χ2v) is 9.46. The van der Waals surface area contributed by atoms with Gasteiger partial charge in [0.1, 0.15) is 12.1 Å². The highest BCUT2D eigenvalue weighted by molar-refractivity contribution is 6.30. The SMILES string of the molecule is C=NN(/C(C)=C\C)/C(=C\C(=C)C(=C)NCc1ccc(F)c(Cl)c1)C(C)=CC.CC.CCCc1ccc(C=O)c(C)c1.CO. The summed E-state index contributed by atoms with van der Waals surface area (Å²) in [4.78, 5) is 10.5. The van der Waals surface area contributed by atoms with E-state index in [1.165, 1.54) is 11.6 Å². The van der Waals surface area contributed by atoms with Crippen molar-refractivity contribution in [2.24, 2.45) is 5.10 Å². The number of nitrogens with zero attached hydrogens (tertiary/aromatic N) is 2. The molecule has 0 atom stereocenters. The third-order valence-corrected chi connectivity index (χ3v) is 6.44. The highest BCUT2D eigenvalue weighted by atomic mass is 35.5. The maximum Gasteiger partial charge on any atom is 0.150 e. The number of allylic oxidation sites excluding steroid dienone is 5. The van der Waals surface area contributed by atoms with Crippen LogP contribution in [0.2, 0.25) is 5.02 Å². The molecule has 0 unspecified atom stereocenters. The predicted molar refractivity (Wildman–Crippen MR) is 185 cm³/mol. The van der Waals surface area contributed by atoms with Crippen molar-refractivity contribution in [2.75, 3.05) is 7.11 Å². The minimum absolute atomic E-state index is 0.0964. The van der Waals surface area contributed by atoms with Crippen molar-refractivity contribution in [3.8, 4) is 0 Å². The van der Waals surface area contributed by atoms with E-state index in [1.54, 1.807) is 17.1 Å². The maximum absolute atomic E-state index is 13.3. The molecule has 2 aromatic carbocycles. The van der Waals surface area contributed by atoms with E-state index in [4.69, 9.17) is 16.7 Å². The van der Waals surface area contributed by atoms with Crippen LogP contribution in [0.1, 0.15) is 81.9 Å². The molecule has 43 heavy (non-hydrogen) atoms. The topological polar surface area (TPSA) is 64.9 Å². The lowest BCUT2D eigenvalue weighted by Gasteiger charge is -2.24. The fourth-order valence-corrected chi connectivity index (χ4v) is 3.73. The Morgan fingerprint density at radius 1 is 1.07 bits per heavy atom. The molecular weight excluding hydrogens is 561 g/mol. The Hall–Kier alpha value is -3.74. The highest BCUT2D eigenvalue weighted by Gasteiger charge is 2.12. The van der Waals surface area contributed by atoms with Gasteiger partial charge in [0, 0.05) is 37.3 Å². The summed E-state index contributed by atoms with van der Waals surface area (Å²) < 4.78 is 13.3. The number of benzene rings is 2. The Labute approximate surface area is 264 Å². The molecule has 0 aliphatic heterocycles. The average Bonchev–Trinajstić information content (AvgIpc) is 3.03. The zero-order valence-electron chi connectivity index (χ0n) is 27.5. The van der Waals surface area contributed by atoms with Gasteiger partial charge < -0.3 is 10.4 Å². The number of carbonyl (C=O) groups excluding carboxylic acids is 1. The molecule has 0 radical (unpaired) electrons. The van der Waals surface area contributed by atoms with E-state index in [2.05, 4.69) is 43.3 Å². The number of hydrogen-bond donors (Lipinski definition) is 2. The van der Waals surface area contributed by atoms with E-state index in [0.717, 1.165) is 59.9 Å². The lowest BCUT2D eigenvalue weighted by molar-refractivity contribution is 0.112. The summed E-state index contributed by atoms with van der Waals surface area (Å²) in [5.74, 6) is -0.436. The predicted octanol–water partition coefficient (Wildman–Crippen LogP) is 9.72. The number of aryl methyl sites for hydroxylation is 2. The molecule has 2 N–H and O–H groups in total. The van der Waals surface area contributed by atoms with E-state index in [0.29, 0.717) is 17.8 Å². The number of aliphatic hydroxyl groups excluding tert-OH is 1. The Bertz CT molecular complexity index is 1280. The van der Waals surface area contributed by atoms with Crippen LogP contribution in [-0.4, -0.2) is 30.2 Å². The molecule has 236 valence electrons. The Balaban J connectivity index is 0. The summed E-state index contributed by atoms with van der Waals surface area (Å²) >= 11 is 5.82. The fourth-order valence-electron chi connectivity index (χ4n) is 3.53. The molecule has 7 heteroatoms. The zero-order valence-corrected chi connectivity index (χ0v) is 28.3. The number of nitrogens with one attached hydrogen (secondary N) is 1. The first-order valence-electron chi connectivity index (χ1n) is 14.3. The molecule has 0 saturated heterocycles. The summed E-state index contributed by atoms with van der Waals surface area (Å²) in [6, 6.07) is 10.6. The number of hydrazone groups is 1. The van der Waals surface area contributed by atoms with Crippen molar-refractivity contribution < 1.29 is 14.3 Å². The first-order valence-corrected chi connectivity index (χ1v) is 14.7. The normalized spacial score (nSPS) is 10.9. The van der Waals surface area contributed by atoms with Gasteiger partial charge in [-0.25, -0.2) is 9.40 Å². The van der Waals surface area contributed by atoms with Gasteiger partial charge in [0.25, 0.3) is 0 Å². The summed E-state index contributed by atoms with van der Waals surface area (Å²) in [5.41, 5.74) is 8.25. The number of halogens is 2. The number of carbonyl (C=O) groups is 1. The van der Waals surface area contributed by atoms with Crippen LogP contribution in [0.25, 0.3) is 0 Å². The van der Waals surface area contributed by atoms with Crippen molar-refractivity contribution in [3.05, 3.63) is 129 Å². The molecule has 0 amide bonds. The van der Waals surface area contributed by atoms with Crippen LogP contribution in [0, 0.1) is 12.7 Å². The van der Waals surface area contributed by atoms with Gasteiger partial charge >= 0.3 is 0 Å². The minimum Gasteiger partial charge on any atom is -0.400 e. The molecule has 0 aliphatic rings. The molecule has 0 heterocycles. The molecule has 0 fully saturated rings. The van der Waals surface area contributed by atoms with Crippen LogP contribution in [0.15, 0.2) is 101 Å². The molecule has 0 aliphatic carbocycles. The van der Waals surface area contributed by atoms with E-state index < -0.39 is 5.82 Å². The summed E-state index contributed by atoms with van der Waals surface area (Å²) in [6.45, 7) is 28.3. The fraction of sp³-hybridized carbons (Fsp3) is 0.333. The van der Waals surface area contributed by atoms with Crippen LogP contribution >= 0.6 is 11.6 Å². The molecule has 2 aromatic rings. The lowest BCUT2D eigenvalue weighted by atomic mass is 10.0. The van der Waals surface area contributed by atoms with Gasteiger partial charge in [-0.15, -0.1) is 0 Å². The summed E-state index contributed by atoms with van der Waals surface area (Å²) in [7, 11) is 1.00. The Morgan fingerprint density at radius 2 is 1.67 bits per heavy atom. The van der Waals surface area contributed by atoms with Crippen molar-refractivity contribution in [1.82, 2.24) is 10.3 Å². The molecule has 0 bridgehead atoms. The van der Waals surface area contributed by atoms with E-state index in [9.17, 15) is 9.18 Å². The van der Waals surface area contributed by atoms with Crippen molar-refractivity contribution in [3.63, 3.8) is 0 Å². The van der Waals surface area contributed by atoms with Crippen molar-refractivity contribution in [2.45, 2.75) is 74.8 Å². The number of rotatable bonds is 12. The molecule has 0 aromatic heterocycles. The molecule has 0 spiro atoms. The van der Waals surface area contributed by atoms with Crippen LogP contribution in [0.3, 0.4) is 0 Å². The number of hydrogen-bond acceptors (Lipinski definition) is 5. The van der Waals surface area contributed by atoms with Gasteiger partial charge in [0.05, 0.1) is 10.7 Å². The quantitative estimate of drug-likeness (QED) is 0.108.